The maximum atomic E-state index is 13.7. The van der Waals surface area contributed by atoms with Gasteiger partial charge in [-0.3, -0.25) is 4.68 Å². The summed E-state index contributed by atoms with van der Waals surface area (Å²) in [4.78, 5) is 11.1. The second-order valence-corrected chi connectivity index (χ2v) is 5.68. The molecule has 24 heavy (non-hydrogen) atoms. The van der Waals surface area contributed by atoms with Crippen LogP contribution in [-0.4, -0.2) is 20.9 Å². The van der Waals surface area contributed by atoms with E-state index in [1.54, 1.807) is 13.1 Å². The number of benzene rings is 2. The zero-order valence-corrected chi connectivity index (χ0v) is 13.2. The molecule has 2 aromatic carbocycles. The molecule has 122 valence electrons. The Kier molecular flexibility index (Phi) is 4.42. The molecule has 4 nitrogen and oxygen atoms in total. The van der Waals surface area contributed by atoms with Crippen LogP contribution in [0.4, 0.5) is 4.39 Å². The minimum absolute atomic E-state index is 0.326. The van der Waals surface area contributed by atoms with Crippen LogP contribution in [0.1, 0.15) is 21.5 Å². The minimum Gasteiger partial charge on any atom is -0.478 e. The predicted octanol–water partition coefficient (Wildman–Crippen LogP) is 3.94. The highest BCUT2D eigenvalue weighted by atomic mass is 19.1. The van der Waals surface area contributed by atoms with E-state index in [4.69, 9.17) is 5.11 Å². The van der Waals surface area contributed by atoms with Gasteiger partial charge in [-0.25, -0.2) is 9.18 Å². The topological polar surface area (TPSA) is 55.1 Å². The van der Waals surface area contributed by atoms with Crippen LogP contribution < -0.4 is 0 Å². The highest BCUT2D eigenvalue weighted by Gasteiger charge is 2.15. The summed E-state index contributed by atoms with van der Waals surface area (Å²) in [7, 11) is 0. The van der Waals surface area contributed by atoms with Crippen LogP contribution in [0, 0.1) is 12.7 Å². The lowest BCUT2D eigenvalue weighted by Crippen LogP contribution is -2.02. The Morgan fingerprint density at radius 2 is 2.00 bits per heavy atom. The highest BCUT2D eigenvalue weighted by molar-refractivity contribution is 5.90. The summed E-state index contributed by atoms with van der Waals surface area (Å²) in [5.41, 5.74) is 3.04. The van der Waals surface area contributed by atoms with Crippen LogP contribution in [0.15, 0.2) is 54.9 Å². The smallest absolute Gasteiger partial charge is 0.338 e. The predicted molar refractivity (Wildman–Crippen MR) is 89.5 cm³/mol. The van der Waals surface area contributed by atoms with E-state index < -0.39 is 11.8 Å². The van der Waals surface area contributed by atoms with Gasteiger partial charge in [-0.2, -0.15) is 5.10 Å². The average molecular weight is 324 g/mol. The van der Waals surface area contributed by atoms with Crippen LogP contribution in [0.3, 0.4) is 0 Å². The molecule has 3 rings (SSSR count). The second-order valence-electron chi connectivity index (χ2n) is 5.68. The third-order valence-electron chi connectivity index (χ3n) is 3.96. The molecule has 0 unspecified atom stereocenters. The van der Waals surface area contributed by atoms with Crippen LogP contribution in [-0.2, 0) is 13.0 Å². The molecule has 0 bridgehead atoms. The van der Waals surface area contributed by atoms with E-state index in [9.17, 15) is 9.18 Å². The van der Waals surface area contributed by atoms with E-state index >= 15 is 0 Å². The van der Waals surface area contributed by atoms with Crippen molar-refractivity contribution in [1.82, 2.24) is 9.78 Å². The van der Waals surface area contributed by atoms with Gasteiger partial charge < -0.3 is 5.11 Å². The number of rotatable bonds is 5. The van der Waals surface area contributed by atoms with Gasteiger partial charge in [-0.1, -0.05) is 30.3 Å². The Labute approximate surface area is 139 Å². The number of halogens is 1. The van der Waals surface area contributed by atoms with E-state index in [0.29, 0.717) is 11.1 Å². The molecule has 3 aromatic rings. The summed E-state index contributed by atoms with van der Waals surface area (Å²) >= 11 is 0. The summed E-state index contributed by atoms with van der Waals surface area (Å²) in [5.74, 6) is -1.99. The molecule has 0 saturated heterocycles. The van der Waals surface area contributed by atoms with Crippen molar-refractivity contribution in [2.45, 2.75) is 19.9 Å². The Morgan fingerprint density at radius 3 is 2.71 bits per heavy atom. The first-order valence-electron chi connectivity index (χ1n) is 7.65. The van der Waals surface area contributed by atoms with Gasteiger partial charge in [-0.05, 0) is 42.2 Å². The number of aryl methyl sites for hydroxylation is 3. The zero-order chi connectivity index (χ0) is 17.1. The zero-order valence-electron chi connectivity index (χ0n) is 13.2. The fraction of sp³-hybridized carbons (Fsp3) is 0.158. The van der Waals surface area contributed by atoms with Crippen molar-refractivity contribution in [2.24, 2.45) is 0 Å². The molecule has 0 amide bonds. The Morgan fingerprint density at radius 1 is 1.25 bits per heavy atom. The third kappa shape index (κ3) is 3.35. The fourth-order valence-corrected chi connectivity index (χ4v) is 2.66. The van der Waals surface area contributed by atoms with E-state index in [1.807, 2.05) is 29.1 Å². The van der Waals surface area contributed by atoms with Gasteiger partial charge in [0, 0.05) is 18.3 Å². The number of nitrogens with zero attached hydrogens (tertiary/aromatic N) is 2. The molecule has 0 aliphatic carbocycles. The van der Waals surface area contributed by atoms with Crippen LogP contribution >= 0.6 is 0 Å². The summed E-state index contributed by atoms with van der Waals surface area (Å²) < 4.78 is 15.5. The molecule has 0 atom stereocenters. The SMILES string of the molecule is Cc1cc(F)c(C(=O)O)cc1-c1cnn(CCc2ccccc2)c1. The van der Waals surface area contributed by atoms with Gasteiger partial charge >= 0.3 is 5.97 Å². The fourth-order valence-electron chi connectivity index (χ4n) is 2.66. The first-order chi connectivity index (χ1) is 11.5. The molecule has 0 aliphatic heterocycles. The van der Waals surface area contributed by atoms with Gasteiger partial charge in [0.2, 0.25) is 0 Å². The van der Waals surface area contributed by atoms with Crippen LogP contribution in [0.25, 0.3) is 11.1 Å². The summed E-state index contributed by atoms with van der Waals surface area (Å²) in [6, 6.07) is 12.7. The normalized spacial score (nSPS) is 10.8. The molecule has 1 aromatic heterocycles. The number of carboxylic acid groups (broad SMARTS) is 1. The number of carbonyl (C=O) groups is 1. The molecule has 1 N–H and O–H groups in total. The minimum atomic E-state index is -1.27. The molecule has 5 heteroatoms. The third-order valence-corrected chi connectivity index (χ3v) is 3.96. The first-order valence-corrected chi connectivity index (χ1v) is 7.65. The molecule has 0 saturated carbocycles. The van der Waals surface area contributed by atoms with Gasteiger partial charge in [0.25, 0.3) is 0 Å². The summed E-state index contributed by atoms with van der Waals surface area (Å²) in [6.45, 7) is 2.47. The number of aromatic carboxylic acids is 1. The Hall–Kier alpha value is -2.95. The largest absolute Gasteiger partial charge is 0.478 e. The van der Waals surface area contributed by atoms with E-state index in [-0.39, 0.29) is 5.56 Å². The van der Waals surface area contributed by atoms with Crippen molar-refractivity contribution in [1.29, 1.82) is 0 Å². The molecular formula is C19H17FN2O2. The lowest BCUT2D eigenvalue weighted by atomic mass is 10.00. The van der Waals surface area contributed by atoms with Gasteiger partial charge in [0.1, 0.15) is 5.82 Å². The molecular weight excluding hydrogens is 307 g/mol. The maximum absolute atomic E-state index is 13.7. The maximum Gasteiger partial charge on any atom is 0.338 e. The lowest BCUT2D eigenvalue weighted by molar-refractivity contribution is 0.0692. The number of hydrogen-bond acceptors (Lipinski definition) is 2. The number of carboxylic acids is 1. The van der Waals surface area contributed by atoms with Gasteiger partial charge in [0.15, 0.2) is 0 Å². The van der Waals surface area contributed by atoms with Crippen molar-refractivity contribution in [2.75, 3.05) is 0 Å². The van der Waals surface area contributed by atoms with Crippen molar-refractivity contribution in [3.63, 3.8) is 0 Å². The monoisotopic (exact) mass is 324 g/mol. The van der Waals surface area contributed by atoms with Crippen molar-refractivity contribution in [3.8, 4) is 11.1 Å². The van der Waals surface area contributed by atoms with Crippen LogP contribution in [0.2, 0.25) is 0 Å². The number of aromatic nitrogens is 2. The second kappa shape index (κ2) is 6.66. The van der Waals surface area contributed by atoms with Crippen molar-refractivity contribution in [3.05, 3.63) is 77.4 Å². The Bertz CT molecular complexity index is 872. The van der Waals surface area contributed by atoms with Crippen LogP contribution in [0.5, 0.6) is 0 Å². The first kappa shape index (κ1) is 15.9. The quantitative estimate of drug-likeness (QED) is 0.773. The van der Waals surface area contributed by atoms with E-state index in [0.717, 1.165) is 18.5 Å². The molecule has 1 heterocycles. The molecule has 0 spiro atoms. The highest BCUT2D eigenvalue weighted by Crippen LogP contribution is 2.26. The average Bonchev–Trinajstić information content (AvgIpc) is 3.02. The Balaban J connectivity index is 1.83. The van der Waals surface area contributed by atoms with Gasteiger partial charge in [-0.15, -0.1) is 0 Å². The molecule has 0 aliphatic rings. The van der Waals surface area contributed by atoms with Gasteiger partial charge in [0.05, 0.1) is 11.8 Å². The molecule has 0 radical (unpaired) electrons. The summed E-state index contributed by atoms with van der Waals surface area (Å²) in [6.07, 6.45) is 4.39. The van der Waals surface area contributed by atoms with E-state index in [2.05, 4.69) is 17.2 Å². The van der Waals surface area contributed by atoms with Crippen molar-refractivity contribution >= 4 is 5.97 Å². The molecule has 0 fully saturated rings. The summed E-state index contributed by atoms with van der Waals surface area (Å²) in [5, 5.41) is 13.4. The van der Waals surface area contributed by atoms with E-state index in [1.165, 1.54) is 17.7 Å². The number of hydrogen-bond donors (Lipinski definition) is 1. The lowest BCUT2D eigenvalue weighted by Gasteiger charge is -2.06. The standard InChI is InChI=1S/C19H17FN2O2/c1-13-9-18(20)17(19(23)24)10-16(13)15-11-21-22(12-15)8-7-14-5-3-2-4-6-14/h2-6,9-12H,7-8H2,1H3,(H,23,24). The van der Waals surface area contributed by atoms with Crippen molar-refractivity contribution < 1.29 is 14.3 Å².